The lowest BCUT2D eigenvalue weighted by atomic mass is 10.2. The molecule has 1 aromatic carbocycles. The second-order valence-corrected chi connectivity index (χ2v) is 4.53. The van der Waals surface area contributed by atoms with Gasteiger partial charge >= 0.3 is 5.97 Å². The second kappa shape index (κ2) is 6.19. The van der Waals surface area contributed by atoms with E-state index in [1.165, 1.54) is 6.07 Å². The Bertz CT molecular complexity index is 659. The maximum Gasteiger partial charge on any atom is 0.343 e. The molecular formula is C16H17NO3. The van der Waals surface area contributed by atoms with Crippen molar-refractivity contribution < 1.29 is 9.53 Å². The molecule has 0 aliphatic carbocycles. The van der Waals surface area contributed by atoms with Crippen molar-refractivity contribution in [1.29, 1.82) is 0 Å². The van der Waals surface area contributed by atoms with E-state index in [0.717, 1.165) is 11.3 Å². The average Bonchev–Trinajstić information content (AvgIpc) is 2.43. The Kier molecular flexibility index (Phi) is 4.35. The standard InChI is InChI=1S/C16H17NO3/c1-3-20-16(19)14-11-17(12(2)9-15(14)18)10-13-7-5-4-6-8-13/h4-9,11H,3,10H2,1-2H3. The van der Waals surface area contributed by atoms with Gasteiger partial charge in [-0.3, -0.25) is 4.79 Å². The summed E-state index contributed by atoms with van der Waals surface area (Å²) in [5.74, 6) is -0.570. The van der Waals surface area contributed by atoms with Crippen molar-refractivity contribution in [2.24, 2.45) is 0 Å². The van der Waals surface area contributed by atoms with Crippen LogP contribution in [0.3, 0.4) is 0 Å². The highest BCUT2D eigenvalue weighted by Crippen LogP contribution is 2.07. The second-order valence-electron chi connectivity index (χ2n) is 4.53. The number of ether oxygens (including phenoxy) is 1. The minimum absolute atomic E-state index is 0.0772. The van der Waals surface area contributed by atoms with Crippen molar-refractivity contribution in [1.82, 2.24) is 4.57 Å². The lowest BCUT2D eigenvalue weighted by Crippen LogP contribution is -2.21. The number of esters is 1. The van der Waals surface area contributed by atoms with Gasteiger partial charge in [-0.25, -0.2) is 4.79 Å². The molecule has 2 rings (SSSR count). The van der Waals surface area contributed by atoms with Crippen LogP contribution in [0, 0.1) is 6.92 Å². The number of carbonyl (C=O) groups is 1. The van der Waals surface area contributed by atoms with Crippen LogP contribution < -0.4 is 5.43 Å². The molecule has 4 nitrogen and oxygen atoms in total. The molecule has 0 fully saturated rings. The Morgan fingerprint density at radius 3 is 2.60 bits per heavy atom. The van der Waals surface area contributed by atoms with Crippen LogP contribution in [-0.4, -0.2) is 17.1 Å². The van der Waals surface area contributed by atoms with E-state index in [9.17, 15) is 9.59 Å². The summed E-state index contributed by atoms with van der Waals surface area (Å²) in [6.45, 7) is 4.43. The minimum Gasteiger partial charge on any atom is -0.462 e. The first kappa shape index (κ1) is 14.1. The quantitative estimate of drug-likeness (QED) is 0.802. The molecule has 2 aromatic rings. The molecule has 0 amide bonds. The molecule has 0 bridgehead atoms. The van der Waals surface area contributed by atoms with Gasteiger partial charge in [0.15, 0.2) is 5.43 Å². The zero-order valence-corrected chi connectivity index (χ0v) is 11.6. The lowest BCUT2D eigenvalue weighted by molar-refractivity contribution is 0.0524. The number of hydrogen-bond donors (Lipinski definition) is 0. The van der Waals surface area contributed by atoms with E-state index in [4.69, 9.17) is 4.74 Å². The Morgan fingerprint density at radius 2 is 1.95 bits per heavy atom. The molecule has 0 spiro atoms. The number of rotatable bonds is 4. The third-order valence-corrected chi connectivity index (χ3v) is 3.03. The largest absolute Gasteiger partial charge is 0.462 e. The number of aryl methyl sites for hydroxylation is 1. The highest BCUT2D eigenvalue weighted by atomic mass is 16.5. The fourth-order valence-electron chi connectivity index (χ4n) is 1.98. The average molecular weight is 271 g/mol. The van der Waals surface area contributed by atoms with Gasteiger partial charge < -0.3 is 9.30 Å². The highest BCUT2D eigenvalue weighted by molar-refractivity contribution is 5.88. The fraction of sp³-hybridized carbons (Fsp3) is 0.250. The molecule has 0 N–H and O–H groups in total. The maximum atomic E-state index is 11.8. The molecule has 20 heavy (non-hydrogen) atoms. The Morgan fingerprint density at radius 1 is 1.25 bits per heavy atom. The lowest BCUT2D eigenvalue weighted by Gasteiger charge is -2.12. The van der Waals surface area contributed by atoms with Crippen LogP contribution in [0.5, 0.6) is 0 Å². The van der Waals surface area contributed by atoms with Crippen LogP contribution >= 0.6 is 0 Å². The first-order valence-electron chi connectivity index (χ1n) is 6.54. The number of nitrogens with zero attached hydrogens (tertiary/aromatic N) is 1. The SMILES string of the molecule is CCOC(=O)c1cn(Cc2ccccc2)c(C)cc1=O. The Hall–Kier alpha value is -2.36. The van der Waals surface area contributed by atoms with E-state index in [1.54, 1.807) is 13.1 Å². The summed E-state index contributed by atoms with van der Waals surface area (Å²) < 4.78 is 6.78. The number of aromatic nitrogens is 1. The predicted molar refractivity (Wildman–Crippen MR) is 76.9 cm³/mol. The van der Waals surface area contributed by atoms with E-state index in [-0.39, 0.29) is 17.6 Å². The number of hydrogen-bond acceptors (Lipinski definition) is 3. The van der Waals surface area contributed by atoms with Gasteiger partial charge in [-0.05, 0) is 19.4 Å². The number of benzene rings is 1. The zero-order chi connectivity index (χ0) is 14.5. The van der Waals surface area contributed by atoms with Crippen LogP contribution in [0.1, 0.15) is 28.5 Å². The molecule has 104 valence electrons. The van der Waals surface area contributed by atoms with E-state index in [2.05, 4.69) is 0 Å². The molecule has 0 saturated heterocycles. The molecule has 0 atom stereocenters. The summed E-state index contributed by atoms with van der Waals surface area (Å²) >= 11 is 0. The highest BCUT2D eigenvalue weighted by Gasteiger charge is 2.13. The first-order valence-corrected chi connectivity index (χ1v) is 6.54. The third kappa shape index (κ3) is 3.15. The molecule has 4 heteroatoms. The van der Waals surface area contributed by atoms with Gasteiger partial charge in [-0.15, -0.1) is 0 Å². The molecule has 0 radical (unpaired) electrons. The maximum absolute atomic E-state index is 11.8. The zero-order valence-electron chi connectivity index (χ0n) is 11.6. The van der Waals surface area contributed by atoms with E-state index < -0.39 is 5.97 Å². The summed E-state index contributed by atoms with van der Waals surface area (Å²) in [5.41, 5.74) is 1.69. The van der Waals surface area contributed by atoms with Crippen molar-refractivity contribution in [3.8, 4) is 0 Å². The van der Waals surface area contributed by atoms with Gasteiger partial charge in [0.05, 0.1) is 6.61 Å². The van der Waals surface area contributed by atoms with Gasteiger partial charge in [-0.2, -0.15) is 0 Å². The Labute approximate surface area is 117 Å². The fourth-order valence-corrected chi connectivity index (χ4v) is 1.98. The predicted octanol–water partition coefficient (Wildman–Crippen LogP) is 2.38. The van der Waals surface area contributed by atoms with Crippen molar-refractivity contribution >= 4 is 5.97 Å². The van der Waals surface area contributed by atoms with E-state index >= 15 is 0 Å². The summed E-state index contributed by atoms with van der Waals surface area (Å²) in [6, 6.07) is 11.3. The molecule has 1 aromatic heterocycles. The topological polar surface area (TPSA) is 48.3 Å². The molecule has 0 unspecified atom stereocenters. The smallest absolute Gasteiger partial charge is 0.343 e. The van der Waals surface area contributed by atoms with Gasteiger partial charge in [0, 0.05) is 24.5 Å². The van der Waals surface area contributed by atoms with E-state index in [0.29, 0.717) is 6.54 Å². The number of pyridine rings is 1. The van der Waals surface area contributed by atoms with Crippen LogP contribution in [-0.2, 0) is 11.3 Å². The molecule has 1 heterocycles. The van der Waals surface area contributed by atoms with Crippen LogP contribution in [0.25, 0.3) is 0 Å². The number of carbonyl (C=O) groups excluding carboxylic acids is 1. The normalized spacial score (nSPS) is 10.3. The third-order valence-electron chi connectivity index (χ3n) is 3.03. The van der Waals surface area contributed by atoms with Crippen molar-refractivity contribution in [3.05, 3.63) is 69.6 Å². The van der Waals surface area contributed by atoms with Crippen LogP contribution in [0.2, 0.25) is 0 Å². The van der Waals surface area contributed by atoms with E-state index in [1.807, 2.05) is 41.8 Å². The summed E-state index contributed by atoms with van der Waals surface area (Å²) in [4.78, 5) is 23.6. The summed E-state index contributed by atoms with van der Waals surface area (Å²) in [5, 5.41) is 0. The Balaban J connectivity index is 2.36. The summed E-state index contributed by atoms with van der Waals surface area (Å²) in [6.07, 6.45) is 1.57. The van der Waals surface area contributed by atoms with Gasteiger partial charge in [0.1, 0.15) is 5.56 Å². The van der Waals surface area contributed by atoms with Crippen LogP contribution in [0.15, 0.2) is 47.4 Å². The first-order chi connectivity index (χ1) is 9.61. The monoisotopic (exact) mass is 271 g/mol. The molecular weight excluding hydrogens is 254 g/mol. The summed E-state index contributed by atoms with van der Waals surface area (Å²) in [7, 11) is 0. The van der Waals surface area contributed by atoms with Crippen LogP contribution in [0.4, 0.5) is 0 Å². The van der Waals surface area contributed by atoms with Crippen molar-refractivity contribution in [3.63, 3.8) is 0 Å². The molecule has 0 saturated carbocycles. The molecule has 0 aliphatic rings. The molecule has 0 aliphatic heterocycles. The minimum atomic E-state index is -0.570. The van der Waals surface area contributed by atoms with Crippen molar-refractivity contribution in [2.45, 2.75) is 20.4 Å². The van der Waals surface area contributed by atoms with Gasteiger partial charge in [0.25, 0.3) is 0 Å². The van der Waals surface area contributed by atoms with Gasteiger partial charge in [0.2, 0.25) is 0 Å². The van der Waals surface area contributed by atoms with Gasteiger partial charge in [-0.1, -0.05) is 30.3 Å². The van der Waals surface area contributed by atoms with Crippen molar-refractivity contribution in [2.75, 3.05) is 6.61 Å².